The quantitative estimate of drug-likeness (QED) is 0.643. The molecule has 104 valence electrons. The molecule has 1 aromatic rings. The summed E-state index contributed by atoms with van der Waals surface area (Å²) < 4.78 is 0. The minimum absolute atomic E-state index is 0.221. The summed E-state index contributed by atoms with van der Waals surface area (Å²) in [6.07, 6.45) is 4.19. The number of hydrazine groups is 1. The first-order valence-electron chi connectivity index (χ1n) is 7.55. The van der Waals surface area contributed by atoms with E-state index in [1.807, 2.05) is 0 Å². The molecule has 0 spiro atoms. The van der Waals surface area contributed by atoms with Crippen molar-refractivity contribution in [3.63, 3.8) is 0 Å². The van der Waals surface area contributed by atoms with E-state index in [4.69, 9.17) is 5.84 Å². The van der Waals surface area contributed by atoms with Gasteiger partial charge in [0.25, 0.3) is 0 Å². The van der Waals surface area contributed by atoms with E-state index in [0.717, 1.165) is 17.8 Å². The van der Waals surface area contributed by atoms with Crippen molar-refractivity contribution in [1.82, 2.24) is 5.43 Å². The van der Waals surface area contributed by atoms with Crippen LogP contribution >= 0.6 is 0 Å². The van der Waals surface area contributed by atoms with Crippen molar-refractivity contribution < 1.29 is 0 Å². The zero-order chi connectivity index (χ0) is 13.6. The van der Waals surface area contributed by atoms with Crippen LogP contribution in [0.4, 0.5) is 0 Å². The molecule has 0 saturated heterocycles. The van der Waals surface area contributed by atoms with Crippen molar-refractivity contribution in [3.05, 3.63) is 35.4 Å². The normalized spacial score (nSPS) is 31.1. The zero-order valence-electron chi connectivity index (χ0n) is 12.3. The Morgan fingerprint density at radius 1 is 1.05 bits per heavy atom. The van der Waals surface area contributed by atoms with E-state index >= 15 is 0 Å². The second kappa shape index (κ2) is 4.60. The minimum atomic E-state index is 0.221. The number of nitrogens with one attached hydrogen (secondary N) is 1. The van der Waals surface area contributed by atoms with Gasteiger partial charge in [0.2, 0.25) is 0 Å². The van der Waals surface area contributed by atoms with Crippen LogP contribution in [0.15, 0.2) is 24.3 Å². The van der Waals surface area contributed by atoms with Gasteiger partial charge in [-0.25, -0.2) is 0 Å². The van der Waals surface area contributed by atoms with Crippen LogP contribution in [-0.4, -0.2) is 0 Å². The predicted molar refractivity (Wildman–Crippen MR) is 79.5 cm³/mol. The molecular formula is C17H26N2. The molecule has 0 bridgehead atoms. The van der Waals surface area contributed by atoms with Crippen molar-refractivity contribution >= 4 is 0 Å². The van der Waals surface area contributed by atoms with Crippen molar-refractivity contribution in [2.45, 2.75) is 51.5 Å². The van der Waals surface area contributed by atoms with Crippen LogP contribution < -0.4 is 11.3 Å². The van der Waals surface area contributed by atoms with Gasteiger partial charge >= 0.3 is 0 Å². The Morgan fingerprint density at radius 3 is 2.11 bits per heavy atom. The highest BCUT2D eigenvalue weighted by atomic mass is 15.2. The fourth-order valence-electron chi connectivity index (χ4n) is 3.73. The molecule has 3 unspecified atom stereocenters. The van der Waals surface area contributed by atoms with Crippen LogP contribution in [0.1, 0.15) is 57.2 Å². The lowest BCUT2D eigenvalue weighted by Crippen LogP contribution is -2.33. The van der Waals surface area contributed by atoms with Crippen molar-refractivity contribution in [1.29, 1.82) is 0 Å². The first kappa shape index (κ1) is 13.1. The van der Waals surface area contributed by atoms with Crippen molar-refractivity contribution in [2.24, 2.45) is 23.6 Å². The number of nitrogens with two attached hydrogens (primary N) is 1. The maximum Gasteiger partial charge on any atom is 0.0488 e. The van der Waals surface area contributed by atoms with E-state index in [9.17, 15) is 0 Å². The molecule has 2 aliphatic rings. The Kier molecular flexibility index (Phi) is 3.18. The Balaban J connectivity index is 1.76. The van der Waals surface area contributed by atoms with Crippen LogP contribution in [0, 0.1) is 17.8 Å². The summed E-state index contributed by atoms with van der Waals surface area (Å²) in [5, 5.41) is 0. The van der Waals surface area contributed by atoms with Gasteiger partial charge in [0.15, 0.2) is 0 Å². The van der Waals surface area contributed by atoms with Crippen molar-refractivity contribution in [3.8, 4) is 0 Å². The molecule has 1 aromatic carbocycles. The standard InChI is InChI=1S/C17H26N2/c1-17(2,3)15-6-4-11(5-7-15)16(19-18)14-9-12-8-13(12)10-14/h4-7,12-14,16,19H,8-10,18H2,1-3H3. The van der Waals surface area contributed by atoms with E-state index in [-0.39, 0.29) is 5.41 Å². The lowest BCUT2D eigenvalue weighted by molar-refractivity contribution is 0.345. The molecule has 0 heterocycles. The second-order valence-corrected chi connectivity index (χ2v) is 7.50. The summed E-state index contributed by atoms with van der Waals surface area (Å²) in [5.74, 6) is 8.57. The molecule has 0 amide bonds. The van der Waals surface area contributed by atoms with E-state index in [0.29, 0.717) is 6.04 Å². The lowest BCUT2D eigenvalue weighted by Gasteiger charge is -2.26. The highest BCUT2D eigenvalue weighted by molar-refractivity contribution is 5.30. The zero-order valence-corrected chi connectivity index (χ0v) is 12.3. The number of benzene rings is 1. The van der Waals surface area contributed by atoms with Gasteiger partial charge in [-0.3, -0.25) is 11.3 Å². The predicted octanol–water partition coefficient (Wildman–Crippen LogP) is 3.53. The van der Waals surface area contributed by atoms with Crippen LogP contribution in [0.2, 0.25) is 0 Å². The van der Waals surface area contributed by atoms with Crippen molar-refractivity contribution in [2.75, 3.05) is 0 Å². The number of hydrogen-bond acceptors (Lipinski definition) is 2. The summed E-state index contributed by atoms with van der Waals surface area (Å²) in [5.41, 5.74) is 6.02. The molecule has 3 rings (SSSR count). The molecule has 3 N–H and O–H groups in total. The lowest BCUT2D eigenvalue weighted by atomic mass is 9.84. The van der Waals surface area contributed by atoms with Gasteiger partial charge in [0.1, 0.15) is 0 Å². The molecule has 19 heavy (non-hydrogen) atoms. The molecule has 0 aromatic heterocycles. The third-order valence-corrected chi connectivity index (χ3v) is 5.07. The summed E-state index contributed by atoms with van der Waals surface area (Å²) in [4.78, 5) is 0. The summed E-state index contributed by atoms with van der Waals surface area (Å²) >= 11 is 0. The SMILES string of the molecule is CC(C)(C)c1ccc(C(NN)C2CC3CC3C2)cc1. The Morgan fingerprint density at radius 2 is 1.63 bits per heavy atom. The molecule has 2 nitrogen and oxygen atoms in total. The van der Waals surface area contributed by atoms with Crippen LogP contribution in [0.25, 0.3) is 0 Å². The van der Waals surface area contributed by atoms with Gasteiger partial charge in [-0.15, -0.1) is 0 Å². The molecule has 2 fully saturated rings. The highest BCUT2D eigenvalue weighted by Gasteiger charge is 2.47. The fourth-order valence-corrected chi connectivity index (χ4v) is 3.73. The fraction of sp³-hybridized carbons (Fsp3) is 0.647. The largest absolute Gasteiger partial charge is 0.271 e. The smallest absolute Gasteiger partial charge is 0.0488 e. The van der Waals surface area contributed by atoms with Crippen LogP contribution in [-0.2, 0) is 5.41 Å². The van der Waals surface area contributed by atoms with Gasteiger partial charge in [-0.1, -0.05) is 45.0 Å². The van der Waals surface area contributed by atoms with E-state index in [1.54, 1.807) is 0 Å². The number of rotatable bonds is 3. The molecule has 2 heteroatoms. The topological polar surface area (TPSA) is 38.0 Å². The third-order valence-electron chi connectivity index (χ3n) is 5.07. The van der Waals surface area contributed by atoms with Gasteiger partial charge < -0.3 is 0 Å². The third kappa shape index (κ3) is 2.56. The van der Waals surface area contributed by atoms with Gasteiger partial charge in [0, 0.05) is 6.04 Å². The summed E-state index contributed by atoms with van der Waals surface area (Å²) in [7, 11) is 0. The van der Waals surface area contributed by atoms with E-state index in [1.165, 1.54) is 30.4 Å². The maximum atomic E-state index is 5.82. The molecule has 0 aliphatic heterocycles. The van der Waals surface area contributed by atoms with E-state index in [2.05, 4.69) is 50.5 Å². The number of fused-ring (bicyclic) bond motifs is 1. The minimum Gasteiger partial charge on any atom is -0.271 e. The Hall–Kier alpha value is -0.860. The van der Waals surface area contributed by atoms with Gasteiger partial charge in [-0.05, 0) is 53.6 Å². The average Bonchev–Trinajstić information content (AvgIpc) is 2.97. The molecule has 3 atom stereocenters. The first-order chi connectivity index (χ1) is 8.99. The maximum absolute atomic E-state index is 5.82. The monoisotopic (exact) mass is 258 g/mol. The van der Waals surface area contributed by atoms with E-state index < -0.39 is 0 Å². The molecule has 2 saturated carbocycles. The second-order valence-electron chi connectivity index (χ2n) is 7.50. The van der Waals surface area contributed by atoms with Crippen LogP contribution in [0.5, 0.6) is 0 Å². The van der Waals surface area contributed by atoms with Crippen LogP contribution in [0.3, 0.4) is 0 Å². The average molecular weight is 258 g/mol. The molecule has 0 radical (unpaired) electrons. The van der Waals surface area contributed by atoms with Gasteiger partial charge in [0.05, 0.1) is 0 Å². The Labute approximate surface area is 116 Å². The summed E-state index contributed by atoms with van der Waals surface area (Å²) in [6.45, 7) is 6.77. The summed E-state index contributed by atoms with van der Waals surface area (Å²) in [6, 6.07) is 9.37. The number of hydrogen-bond donors (Lipinski definition) is 2. The molecular weight excluding hydrogens is 232 g/mol. The highest BCUT2D eigenvalue weighted by Crippen LogP contribution is 2.57. The Bertz CT molecular complexity index is 433. The first-order valence-corrected chi connectivity index (χ1v) is 7.55. The molecule has 2 aliphatic carbocycles. The van der Waals surface area contributed by atoms with Gasteiger partial charge in [-0.2, -0.15) is 0 Å².